The molecule has 1 nitrogen and oxygen atoms in total. The van der Waals surface area contributed by atoms with E-state index in [9.17, 15) is 0 Å². The molecule has 0 aromatic rings. The van der Waals surface area contributed by atoms with E-state index in [-0.39, 0.29) is 0 Å². The molecule has 76 valence electrons. The van der Waals surface area contributed by atoms with Gasteiger partial charge in [0, 0.05) is 6.61 Å². The summed E-state index contributed by atoms with van der Waals surface area (Å²) in [5.41, 5.74) is 0. The molecule has 2 aliphatic rings. The quantitative estimate of drug-likeness (QED) is 0.606. The van der Waals surface area contributed by atoms with Gasteiger partial charge in [-0.2, -0.15) is 0 Å². The van der Waals surface area contributed by atoms with Crippen molar-refractivity contribution >= 4 is 0 Å². The molecular weight excluding hydrogens is 160 g/mol. The van der Waals surface area contributed by atoms with Crippen LogP contribution in [-0.2, 0) is 4.74 Å². The van der Waals surface area contributed by atoms with Crippen molar-refractivity contribution in [2.45, 2.75) is 58.0 Å². The SMILES string of the molecule is CCCCO[C@@H]1C[C@@H]2CC[C@@H](C2)C1. The van der Waals surface area contributed by atoms with Crippen molar-refractivity contribution in [2.24, 2.45) is 11.8 Å². The van der Waals surface area contributed by atoms with Gasteiger partial charge in [-0.15, -0.1) is 0 Å². The summed E-state index contributed by atoms with van der Waals surface area (Å²) in [6.45, 7) is 3.23. The summed E-state index contributed by atoms with van der Waals surface area (Å²) in [6.07, 6.45) is 10.3. The van der Waals surface area contributed by atoms with Crippen LogP contribution in [0.15, 0.2) is 0 Å². The highest BCUT2D eigenvalue weighted by Gasteiger charge is 2.34. The van der Waals surface area contributed by atoms with Crippen LogP contribution in [0.5, 0.6) is 0 Å². The number of ether oxygens (including phenoxy) is 1. The number of unbranched alkanes of at least 4 members (excludes halogenated alkanes) is 1. The first-order chi connectivity index (χ1) is 6.38. The van der Waals surface area contributed by atoms with Crippen LogP contribution in [0, 0.1) is 11.8 Å². The summed E-state index contributed by atoms with van der Waals surface area (Å²) >= 11 is 0. The summed E-state index contributed by atoms with van der Waals surface area (Å²) < 4.78 is 5.90. The lowest BCUT2D eigenvalue weighted by Crippen LogP contribution is -2.23. The van der Waals surface area contributed by atoms with Gasteiger partial charge in [0.2, 0.25) is 0 Å². The molecule has 1 heteroatoms. The van der Waals surface area contributed by atoms with E-state index in [1.807, 2.05) is 0 Å². The Morgan fingerprint density at radius 1 is 1.08 bits per heavy atom. The highest BCUT2D eigenvalue weighted by Crippen LogP contribution is 2.42. The standard InChI is InChI=1S/C12H22O/c1-2-3-6-13-12-8-10-4-5-11(7-10)9-12/h10-12H,2-9H2,1H3/t10-,11+,12-. The summed E-state index contributed by atoms with van der Waals surface area (Å²) in [5.74, 6) is 2.04. The Hall–Kier alpha value is -0.0400. The summed E-state index contributed by atoms with van der Waals surface area (Å²) in [6, 6.07) is 0. The Balaban J connectivity index is 1.69. The van der Waals surface area contributed by atoms with Crippen molar-refractivity contribution in [2.75, 3.05) is 6.61 Å². The lowest BCUT2D eigenvalue weighted by molar-refractivity contribution is 0.00853. The van der Waals surface area contributed by atoms with Crippen molar-refractivity contribution in [1.29, 1.82) is 0 Å². The van der Waals surface area contributed by atoms with Crippen LogP contribution in [0.2, 0.25) is 0 Å². The molecule has 0 aromatic heterocycles. The second-order valence-electron chi connectivity index (χ2n) is 4.86. The number of rotatable bonds is 4. The van der Waals surface area contributed by atoms with E-state index in [4.69, 9.17) is 4.74 Å². The molecule has 0 unspecified atom stereocenters. The highest BCUT2D eigenvalue weighted by molar-refractivity contribution is 4.85. The van der Waals surface area contributed by atoms with E-state index in [0.717, 1.165) is 18.4 Å². The average Bonchev–Trinajstić information content (AvgIpc) is 2.46. The Morgan fingerprint density at radius 2 is 1.77 bits per heavy atom. The van der Waals surface area contributed by atoms with E-state index >= 15 is 0 Å². The van der Waals surface area contributed by atoms with Crippen molar-refractivity contribution in [3.05, 3.63) is 0 Å². The Morgan fingerprint density at radius 3 is 2.38 bits per heavy atom. The third kappa shape index (κ3) is 2.46. The van der Waals surface area contributed by atoms with Crippen molar-refractivity contribution in [1.82, 2.24) is 0 Å². The van der Waals surface area contributed by atoms with E-state index in [2.05, 4.69) is 6.92 Å². The van der Waals surface area contributed by atoms with E-state index in [0.29, 0.717) is 6.10 Å². The molecule has 2 bridgehead atoms. The lowest BCUT2D eigenvalue weighted by atomic mass is 9.87. The monoisotopic (exact) mass is 182 g/mol. The summed E-state index contributed by atoms with van der Waals surface area (Å²) in [5, 5.41) is 0. The minimum absolute atomic E-state index is 0.623. The number of hydrogen-bond acceptors (Lipinski definition) is 1. The first-order valence-corrected chi connectivity index (χ1v) is 6.00. The fourth-order valence-corrected chi connectivity index (χ4v) is 2.98. The molecule has 0 saturated heterocycles. The molecule has 0 amide bonds. The van der Waals surface area contributed by atoms with Crippen LogP contribution >= 0.6 is 0 Å². The second-order valence-corrected chi connectivity index (χ2v) is 4.86. The van der Waals surface area contributed by atoms with Gasteiger partial charge >= 0.3 is 0 Å². The molecular formula is C12H22O. The number of fused-ring (bicyclic) bond motifs is 2. The maximum absolute atomic E-state index is 5.90. The summed E-state index contributed by atoms with van der Waals surface area (Å²) in [7, 11) is 0. The maximum Gasteiger partial charge on any atom is 0.0580 e. The maximum atomic E-state index is 5.90. The molecule has 2 saturated carbocycles. The highest BCUT2D eigenvalue weighted by atomic mass is 16.5. The van der Waals surface area contributed by atoms with Crippen LogP contribution < -0.4 is 0 Å². The Labute approximate surface area is 81.9 Å². The third-order valence-corrected chi connectivity index (χ3v) is 3.69. The van der Waals surface area contributed by atoms with Gasteiger partial charge in [0.05, 0.1) is 6.10 Å². The molecule has 0 aromatic carbocycles. The molecule has 0 radical (unpaired) electrons. The molecule has 13 heavy (non-hydrogen) atoms. The zero-order valence-electron chi connectivity index (χ0n) is 8.80. The Kier molecular flexibility index (Phi) is 3.26. The van der Waals surface area contributed by atoms with Crippen LogP contribution in [0.25, 0.3) is 0 Å². The van der Waals surface area contributed by atoms with Gasteiger partial charge in [0.1, 0.15) is 0 Å². The topological polar surface area (TPSA) is 9.23 Å². The van der Waals surface area contributed by atoms with Crippen LogP contribution in [-0.4, -0.2) is 12.7 Å². The van der Waals surface area contributed by atoms with E-state index in [1.165, 1.54) is 44.9 Å². The molecule has 2 aliphatic carbocycles. The largest absolute Gasteiger partial charge is 0.378 e. The molecule has 3 atom stereocenters. The Bertz CT molecular complexity index is 143. The van der Waals surface area contributed by atoms with Crippen LogP contribution in [0.3, 0.4) is 0 Å². The van der Waals surface area contributed by atoms with E-state index < -0.39 is 0 Å². The van der Waals surface area contributed by atoms with Gasteiger partial charge < -0.3 is 4.74 Å². The zero-order chi connectivity index (χ0) is 9.10. The minimum atomic E-state index is 0.623. The zero-order valence-corrected chi connectivity index (χ0v) is 8.80. The number of hydrogen-bond donors (Lipinski definition) is 0. The molecule has 0 spiro atoms. The van der Waals surface area contributed by atoms with Gasteiger partial charge in [-0.1, -0.05) is 26.2 Å². The van der Waals surface area contributed by atoms with Crippen LogP contribution in [0.4, 0.5) is 0 Å². The normalized spacial score (nSPS) is 38.1. The molecule has 0 aliphatic heterocycles. The molecule has 0 N–H and O–H groups in total. The fraction of sp³-hybridized carbons (Fsp3) is 1.00. The minimum Gasteiger partial charge on any atom is -0.378 e. The van der Waals surface area contributed by atoms with Crippen LogP contribution in [0.1, 0.15) is 51.9 Å². The third-order valence-electron chi connectivity index (χ3n) is 3.69. The smallest absolute Gasteiger partial charge is 0.0580 e. The fourth-order valence-electron chi connectivity index (χ4n) is 2.98. The predicted octanol–water partition coefficient (Wildman–Crippen LogP) is 3.38. The average molecular weight is 182 g/mol. The van der Waals surface area contributed by atoms with Crippen molar-refractivity contribution in [3.63, 3.8) is 0 Å². The lowest BCUT2D eigenvalue weighted by Gasteiger charge is -2.27. The first-order valence-electron chi connectivity index (χ1n) is 6.00. The van der Waals surface area contributed by atoms with Crippen molar-refractivity contribution in [3.8, 4) is 0 Å². The van der Waals surface area contributed by atoms with Gasteiger partial charge in [-0.05, 0) is 37.5 Å². The molecule has 2 fully saturated rings. The molecule has 2 rings (SSSR count). The first kappa shape index (κ1) is 9.51. The second kappa shape index (κ2) is 4.45. The van der Waals surface area contributed by atoms with Gasteiger partial charge in [-0.25, -0.2) is 0 Å². The van der Waals surface area contributed by atoms with Gasteiger partial charge in [-0.3, -0.25) is 0 Å². The van der Waals surface area contributed by atoms with E-state index in [1.54, 1.807) is 0 Å². The van der Waals surface area contributed by atoms with Crippen molar-refractivity contribution < 1.29 is 4.74 Å². The summed E-state index contributed by atoms with van der Waals surface area (Å²) in [4.78, 5) is 0. The van der Waals surface area contributed by atoms with Gasteiger partial charge in [0.15, 0.2) is 0 Å². The molecule has 0 heterocycles. The van der Waals surface area contributed by atoms with Gasteiger partial charge in [0.25, 0.3) is 0 Å². The predicted molar refractivity (Wildman–Crippen MR) is 54.7 cm³/mol.